The first kappa shape index (κ1) is 13.9. The summed E-state index contributed by atoms with van der Waals surface area (Å²) in [6, 6.07) is 6.58. The molecular formula is C16H16FN3S. The molecule has 1 N–H and O–H groups in total. The summed E-state index contributed by atoms with van der Waals surface area (Å²) in [6.45, 7) is 6.80. The molecule has 0 saturated heterocycles. The Morgan fingerprint density at radius 3 is 2.52 bits per heavy atom. The molecule has 5 heteroatoms. The monoisotopic (exact) mass is 301 g/mol. The lowest BCUT2D eigenvalue weighted by Gasteiger charge is -2.08. The number of hydrogen-bond acceptors (Lipinski definition) is 4. The summed E-state index contributed by atoms with van der Waals surface area (Å²) >= 11 is 1.65. The van der Waals surface area contributed by atoms with Crippen LogP contribution in [0.2, 0.25) is 0 Å². The predicted molar refractivity (Wildman–Crippen MR) is 86.4 cm³/mol. The third-order valence-corrected chi connectivity index (χ3v) is 4.32. The van der Waals surface area contributed by atoms with Gasteiger partial charge in [-0.1, -0.05) is 12.1 Å². The van der Waals surface area contributed by atoms with E-state index in [2.05, 4.69) is 22.2 Å². The summed E-state index contributed by atoms with van der Waals surface area (Å²) in [5, 5.41) is 4.33. The number of aromatic nitrogens is 2. The minimum absolute atomic E-state index is 0.227. The molecule has 3 nitrogen and oxygen atoms in total. The van der Waals surface area contributed by atoms with Gasteiger partial charge in [0.1, 0.15) is 22.3 Å². The van der Waals surface area contributed by atoms with Gasteiger partial charge in [-0.15, -0.1) is 11.3 Å². The fourth-order valence-electron chi connectivity index (χ4n) is 2.48. The van der Waals surface area contributed by atoms with E-state index in [-0.39, 0.29) is 5.82 Å². The second-order valence-corrected chi connectivity index (χ2v) is 6.07. The molecule has 0 aliphatic carbocycles. The van der Waals surface area contributed by atoms with Crippen LogP contribution in [0.15, 0.2) is 24.3 Å². The lowest BCUT2D eigenvalue weighted by molar-refractivity contribution is 0.628. The normalized spacial score (nSPS) is 11.0. The first-order chi connectivity index (χ1) is 10.1. The van der Waals surface area contributed by atoms with Crippen LogP contribution in [-0.2, 0) is 0 Å². The molecule has 0 aliphatic rings. The molecule has 0 spiro atoms. The number of aryl methyl sites for hydroxylation is 2. The maximum Gasteiger partial charge on any atom is 0.139 e. The van der Waals surface area contributed by atoms with Crippen LogP contribution in [0.3, 0.4) is 0 Å². The Bertz CT molecular complexity index is 793. The Labute approximate surface area is 126 Å². The Morgan fingerprint density at radius 1 is 1.14 bits per heavy atom. The molecule has 0 saturated carbocycles. The maximum atomic E-state index is 13.2. The molecule has 0 amide bonds. The number of thiophene rings is 1. The van der Waals surface area contributed by atoms with Gasteiger partial charge in [-0.3, -0.25) is 0 Å². The smallest absolute Gasteiger partial charge is 0.139 e. The molecule has 3 aromatic rings. The molecule has 21 heavy (non-hydrogen) atoms. The summed E-state index contributed by atoms with van der Waals surface area (Å²) in [6.07, 6.45) is 0. The van der Waals surface area contributed by atoms with Crippen molar-refractivity contribution in [2.24, 2.45) is 0 Å². The molecule has 2 heterocycles. The van der Waals surface area contributed by atoms with E-state index < -0.39 is 0 Å². The van der Waals surface area contributed by atoms with Crippen molar-refractivity contribution in [3.05, 3.63) is 40.8 Å². The highest BCUT2D eigenvalue weighted by atomic mass is 32.1. The maximum absolute atomic E-state index is 13.2. The van der Waals surface area contributed by atoms with Gasteiger partial charge in [-0.05, 0) is 38.5 Å². The van der Waals surface area contributed by atoms with Crippen LogP contribution in [0.1, 0.15) is 17.6 Å². The van der Waals surface area contributed by atoms with Crippen LogP contribution in [0.25, 0.3) is 21.3 Å². The van der Waals surface area contributed by atoms with Gasteiger partial charge < -0.3 is 5.32 Å². The van der Waals surface area contributed by atoms with Crippen molar-refractivity contribution in [3.8, 4) is 11.1 Å². The third kappa shape index (κ3) is 2.49. The molecule has 3 rings (SSSR count). The largest absolute Gasteiger partial charge is 0.370 e. The molecule has 0 fully saturated rings. The van der Waals surface area contributed by atoms with Gasteiger partial charge in [-0.25, -0.2) is 14.4 Å². The standard InChI is InChI=1S/C16H16FN3S/c1-4-18-15-14-13(11-5-7-12(17)8-6-11)9(2)21-16(14)20-10(3)19-15/h5-8H,4H2,1-3H3,(H,18,19,20). The quantitative estimate of drug-likeness (QED) is 0.771. The van der Waals surface area contributed by atoms with Crippen LogP contribution in [0.4, 0.5) is 10.2 Å². The molecule has 0 bridgehead atoms. The minimum Gasteiger partial charge on any atom is -0.370 e. The van der Waals surface area contributed by atoms with E-state index in [1.54, 1.807) is 23.5 Å². The Balaban J connectivity index is 2.31. The SMILES string of the molecule is CCNc1nc(C)nc2sc(C)c(-c3ccc(F)cc3)c12. The number of nitrogens with one attached hydrogen (secondary N) is 1. The average Bonchev–Trinajstić information content (AvgIpc) is 2.76. The van der Waals surface area contributed by atoms with Crippen LogP contribution in [-0.4, -0.2) is 16.5 Å². The highest BCUT2D eigenvalue weighted by Gasteiger charge is 2.17. The second kappa shape index (κ2) is 5.41. The zero-order chi connectivity index (χ0) is 15.0. The Morgan fingerprint density at radius 2 is 1.86 bits per heavy atom. The van der Waals surface area contributed by atoms with E-state index in [4.69, 9.17) is 0 Å². The lowest BCUT2D eigenvalue weighted by Crippen LogP contribution is -2.02. The van der Waals surface area contributed by atoms with Gasteiger partial charge in [0.05, 0.1) is 5.39 Å². The Hall–Kier alpha value is -2.01. The molecule has 0 radical (unpaired) electrons. The first-order valence-corrected chi connectivity index (χ1v) is 7.69. The number of rotatable bonds is 3. The molecular weight excluding hydrogens is 285 g/mol. The number of halogens is 1. The van der Waals surface area contributed by atoms with Crippen LogP contribution in [0, 0.1) is 19.7 Å². The lowest BCUT2D eigenvalue weighted by atomic mass is 10.0. The van der Waals surface area contributed by atoms with Crippen molar-refractivity contribution in [2.75, 3.05) is 11.9 Å². The van der Waals surface area contributed by atoms with Gasteiger partial charge in [0, 0.05) is 17.0 Å². The van der Waals surface area contributed by atoms with E-state index >= 15 is 0 Å². The summed E-state index contributed by atoms with van der Waals surface area (Å²) in [7, 11) is 0. The first-order valence-electron chi connectivity index (χ1n) is 6.87. The summed E-state index contributed by atoms with van der Waals surface area (Å²) in [5.74, 6) is 1.38. The average molecular weight is 301 g/mol. The van der Waals surface area contributed by atoms with E-state index in [0.29, 0.717) is 0 Å². The second-order valence-electron chi connectivity index (χ2n) is 4.87. The zero-order valence-electron chi connectivity index (χ0n) is 12.2. The van der Waals surface area contributed by atoms with Crippen LogP contribution < -0.4 is 5.32 Å². The van der Waals surface area contributed by atoms with Gasteiger partial charge in [0.2, 0.25) is 0 Å². The van der Waals surface area contributed by atoms with Crippen molar-refractivity contribution in [1.82, 2.24) is 9.97 Å². The Kier molecular flexibility index (Phi) is 3.59. The minimum atomic E-state index is -0.227. The number of fused-ring (bicyclic) bond motifs is 1. The van der Waals surface area contributed by atoms with E-state index in [0.717, 1.165) is 44.4 Å². The summed E-state index contributed by atoms with van der Waals surface area (Å²) in [5.41, 5.74) is 2.08. The number of benzene rings is 1. The van der Waals surface area contributed by atoms with Gasteiger partial charge in [0.15, 0.2) is 0 Å². The predicted octanol–water partition coefficient (Wildman–Crippen LogP) is 4.55. The number of nitrogens with zero attached hydrogens (tertiary/aromatic N) is 2. The van der Waals surface area contributed by atoms with Gasteiger partial charge >= 0.3 is 0 Å². The fraction of sp³-hybridized carbons (Fsp3) is 0.250. The van der Waals surface area contributed by atoms with Crippen molar-refractivity contribution in [1.29, 1.82) is 0 Å². The fourth-order valence-corrected chi connectivity index (χ4v) is 3.57. The molecule has 0 atom stereocenters. The third-order valence-electron chi connectivity index (χ3n) is 3.32. The summed E-state index contributed by atoms with van der Waals surface area (Å²) in [4.78, 5) is 11.2. The van der Waals surface area contributed by atoms with Crippen molar-refractivity contribution < 1.29 is 4.39 Å². The molecule has 2 aromatic heterocycles. The molecule has 1 aromatic carbocycles. The van der Waals surface area contributed by atoms with Crippen LogP contribution >= 0.6 is 11.3 Å². The number of anilines is 1. The van der Waals surface area contributed by atoms with E-state index in [9.17, 15) is 4.39 Å². The molecule has 108 valence electrons. The summed E-state index contributed by atoms with van der Waals surface area (Å²) < 4.78 is 13.2. The van der Waals surface area contributed by atoms with Gasteiger partial charge in [-0.2, -0.15) is 0 Å². The van der Waals surface area contributed by atoms with E-state index in [1.165, 1.54) is 12.1 Å². The van der Waals surface area contributed by atoms with Gasteiger partial charge in [0.25, 0.3) is 0 Å². The van der Waals surface area contributed by atoms with Crippen molar-refractivity contribution >= 4 is 27.4 Å². The molecule has 0 unspecified atom stereocenters. The zero-order valence-corrected chi connectivity index (χ0v) is 13.0. The topological polar surface area (TPSA) is 37.8 Å². The van der Waals surface area contributed by atoms with Crippen LogP contribution in [0.5, 0.6) is 0 Å². The van der Waals surface area contributed by atoms with Crippen molar-refractivity contribution in [2.45, 2.75) is 20.8 Å². The van der Waals surface area contributed by atoms with E-state index in [1.807, 2.05) is 13.8 Å². The van der Waals surface area contributed by atoms with Crippen molar-refractivity contribution in [3.63, 3.8) is 0 Å². The highest BCUT2D eigenvalue weighted by molar-refractivity contribution is 7.19. The highest BCUT2D eigenvalue weighted by Crippen LogP contribution is 2.40. The molecule has 0 aliphatic heterocycles. The number of hydrogen-bond donors (Lipinski definition) is 1.